The van der Waals surface area contributed by atoms with Crippen LogP contribution in [0.15, 0.2) is 30.5 Å². The summed E-state index contributed by atoms with van der Waals surface area (Å²) in [5.41, 5.74) is 3.29. The van der Waals surface area contributed by atoms with Gasteiger partial charge in [0.05, 0.1) is 19.8 Å². The molecule has 0 saturated carbocycles. The summed E-state index contributed by atoms with van der Waals surface area (Å²) in [6, 6.07) is 0. The molecule has 2 heterocycles. The van der Waals surface area contributed by atoms with Crippen LogP contribution < -0.4 is 0 Å². The van der Waals surface area contributed by atoms with Crippen LogP contribution in [0, 0.1) is 0 Å². The SMILES string of the molecule is C=CCCCCCCCCCCCCCCCC(=O)O[C@H](COC(=O)CCCCCCCC=C=CCCCCCCC)CO[C@@H]1O[C@H](CO[C@@H]2O[C@H](CO)[C@H](O)C(O)C2O)[C@H](O)C(O)C1O. The minimum atomic E-state index is -1.77. The largest absolute Gasteiger partial charge is 0.462 e. The quantitative estimate of drug-likeness (QED) is 0.0143. The zero-order valence-electron chi connectivity index (χ0n) is 40.3. The molecule has 0 aromatic heterocycles. The summed E-state index contributed by atoms with van der Waals surface area (Å²) in [5, 5.41) is 72.0. The highest BCUT2D eigenvalue weighted by atomic mass is 16.7. The van der Waals surface area contributed by atoms with E-state index in [2.05, 4.69) is 31.4 Å². The first-order valence-electron chi connectivity index (χ1n) is 25.6. The van der Waals surface area contributed by atoms with Crippen LogP contribution in [0.5, 0.6) is 0 Å². The molecule has 2 aliphatic heterocycles. The van der Waals surface area contributed by atoms with Gasteiger partial charge in [0.2, 0.25) is 0 Å². The van der Waals surface area contributed by atoms with E-state index in [4.69, 9.17) is 28.4 Å². The Kier molecular flexibility index (Phi) is 35.0. The van der Waals surface area contributed by atoms with Crippen molar-refractivity contribution < 1.29 is 73.8 Å². The lowest BCUT2D eigenvalue weighted by atomic mass is 9.98. The molecule has 2 saturated heterocycles. The fourth-order valence-electron chi connectivity index (χ4n) is 8.06. The summed E-state index contributed by atoms with van der Waals surface area (Å²) in [4.78, 5) is 25.7. The molecule has 11 atom stereocenters. The van der Waals surface area contributed by atoms with E-state index in [1.54, 1.807) is 0 Å². The van der Waals surface area contributed by atoms with Gasteiger partial charge in [-0.2, -0.15) is 0 Å². The second-order valence-electron chi connectivity index (χ2n) is 18.2. The van der Waals surface area contributed by atoms with E-state index in [1.807, 2.05) is 6.08 Å². The smallest absolute Gasteiger partial charge is 0.306 e. The topological polar surface area (TPSA) is 231 Å². The summed E-state index contributed by atoms with van der Waals surface area (Å²) in [7, 11) is 0. The minimum absolute atomic E-state index is 0.160. The van der Waals surface area contributed by atoms with Crippen molar-refractivity contribution in [3.8, 4) is 0 Å². The van der Waals surface area contributed by atoms with E-state index in [0.717, 1.165) is 64.2 Å². The lowest BCUT2D eigenvalue weighted by molar-refractivity contribution is -0.332. The standard InChI is InChI=1S/C51H90O15/c1-3-5-7-9-11-13-15-17-19-21-23-25-27-29-31-33-42(53)61-36-39(64-43(54)34-32-30-28-26-24-22-20-18-16-14-12-10-8-6-4-2)37-62-50-49(60)47(58)45(56)41(66-50)38-63-51-48(59)46(57)44(55)40(35-52)65-51/h4,15,19,39-41,44-52,55-60H,2-3,5-14,16,18,20-38H2,1H3/t17?,39-,40-,41-,44+,45+,46?,47?,48?,49?,50-,51-/m1/s1. The van der Waals surface area contributed by atoms with Gasteiger partial charge in [-0.05, 0) is 63.5 Å². The van der Waals surface area contributed by atoms with Gasteiger partial charge in [-0.15, -0.1) is 12.3 Å². The van der Waals surface area contributed by atoms with Crippen molar-refractivity contribution in [1.29, 1.82) is 0 Å². The van der Waals surface area contributed by atoms with E-state index in [1.165, 1.54) is 89.9 Å². The third kappa shape index (κ3) is 26.5. The minimum Gasteiger partial charge on any atom is -0.462 e. The van der Waals surface area contributed by atoms with Gasteiger partial charge in [0.15, 0.2) is 18.7 Å². The lowest BCUT2D eigenvalue weighted by Crippen LogP contribution is -2.61. The molecule has 2 aliphatic rings. The third-order valence-electron chi connectivity index (χ3n) is 12.3. The maximum Gasteiger partial charge on any atom is 0.306 e. The van der Waals surface area contributed by atoms with Crippen LogP contribution in [0.2, 0.25) is 0 Å². The Bertz CT molecular complexity index is 1290. The number of rotatable bonds is 40. The predicted octanol–water partition coefficient (Wildman–Crippen LogP) is 6.92. The monoisotopic (exact) mass is 943 g/mol. The zero-order valence-corrected chi connectivity index (χ0v) is 40.3. The van der Waals surface area contributed by atoms with Crippen molar-refractivity contribution in [2.24, 2.45) is 0 Å². The van der Waals surface area contributed by atoms with Crippen molar-refractivity contribution in [2.75, 3.05) is 26.4 Å². The second-order valence-corrected chi connectivity index (χ2v) is 18.2. The normalized spacial score (nSPS) is 25.8. The molecule has 2 fully saturated rings. The number of unbranched alkanes of at least 4 members (excludes halogenated alkanes) is 23. The molecule has 0 spiro atoms. The molecule has 15 nitrogen and oxygen atoms in total. The molecule has 7 N–H and O–H groups in total. The van der Waals surface area contributed by atoms with Crippen molar-refractivity contribution in [3.63, 3.8) is 0 Å². The molecular weight excluding hydrogens is 853 g/mol. The molecule has 0 aromatic carbocycles. The summed E-state index contributed by atoms with van der Waals surface area (Å²) < 4.78 is 33.5. The number of esters is 2. The Labute approximate surface area is 395 Å². The van der Waals surface area contributed by atoms with Gasteiger partial charge >= 0.3 is 11.9 Å². The zero-order chi connectivity index (χ0) is 48.2. The molecule has 0 aromatic rings. The number of hydrogen-bond acceptors (Lipinski definition) is 15. The fourth-order valence-corrected chi connectivity index (χ4v) is 8.06. The molecule has 66 heavy (non-hydrogen) atoms. The highest BCUT2D eigenvalue weighted by Crippen LogP contribution is 2.26. The van der Waals surface area contributed by atoms with Crippen molar-refractivity contribution in [1.82, 2.24) is 0 Å². The molecule has 0 amide bonds. The number of ether oxygens (including phenoxy) is 6. The number of aliphatic hydroxyl groups is 7. The van der Waals surface area contributed by atoms with E-state index >= 15 is 0 Å². The van der Waals surface area contributed by atoms with Gasteiger partial charge in [-0.3, -0.25) is 9.59 Å². The Morgan fingerprint density at radius 2 is 0.985 bits per heavy atom. The van der Waals surface area contributed by atoms with Gasteiger partial charge in [0.25, 0.3) is 0 Å². The molecule has 0 aliphatic carbocycles. The van der Waals surface area contributed by atoms with E-state index in [-0.39, 0.29) is 26.1 Å². The second kappa shape index (κ2) is 38.6. The predicted molar refractivity (Wildman–Crippen MR) is 251 cm³/mol. The first kappa shape index (κ1) is 59.9. The van der Waals surface area contributed by atoms with Crippen molar-refractivity contribution in [2.45, 2.75) is 254 Å². The maximum atomic E-state index is 13.0. The lowest BCUT2D eigenvalue weighted by Gasteiger charge is -2.42. The molecule has 15 heteroatoms. The summed E-state index contributed by atoms with van der Waals surface area (Å²) in [6.45, 7) is 4.09. The Balaban J connectivity index is 1.82. The average molecular weight is 943 g/mol. The number of aliphatic hydroxyl groups excluding tert-OH is 7. The molecule has 0 bridgehead atoms. The van der Waals surface area contributed by atoms with Crippen LogP contribution in [0.1, 0.15) is 187 Å². The number of hydrogen-bond donors (Lipinski definition) is 7. The van der Waals surface area contributed by atoms with Gasteiger partial charge in [0, 0.05) is 12.8 Å². The number of carbonyl (C=O) groups is 2. The first-order chi connectivity index (χ1) is 32.0. The Hall–Kier alpha value is -2.24. The number of carbonyl (C=O) groups excluding carboxylic acids is 2. The van der Waals surface area contributed by atoms with Gasteiger partial charge < -0.3 is 64.2 Å². The fraction of sp³-hybridized carbons (Fsp3) is 0.863. The molecule has 2 rings (SSSR count). The molecular formula is C51H90O15. The van der Waals surface area contributed by atoms with Crippen LogP contribution in [-0.4, -0.2) is 142 Å². The van der Waals surface area contributed by atoms with Crippen LogP contribution in [0.25, 0.3) is 0 Å². The Morgan fingerprint density at radius 1 is 0.545 bits per heavy atom. The van der Waals surface area contributed by atoms with Crippen molar-refractivity contribution >= 4 is 11.9 Å². The van der Waals surface area contributed by atoms with Gasteiger partial charge in [-0.25, -0.2) is 0 Å². The maximum absolute atomic E-state index is 13.0. The van der Waals surface area contributed by atoms with E-state index < -0.39 is 92.7 Å². The van der Waals surface area contributed by atoms with Crippen molar-refractivity contribution in [3.05, 3.63) is 30.5 Å². The Morgan fingerprint density at radius 3 is 1.50 bits per heavy atom. The van der Waals surface area contributed by atoms with Gasteiger partial charge in [0.1, 0.15) is 55.4 Å². The van der Waals surface area contributed by atoms with Crippen LogP contribution in [0.4, 0.5) is 0 Å². The average Bonchev–Trinajstić information content (AvgIpc) is 3.31. The molecule has 0 radical (unpaired) electrons. The van der Waals surface area contributed by atoms with Gasteiger partial charge in [-0.1, -0.05) is 129 Å². The summed E-state index contributed by atoms with van der Waals surface area (Å²) >= 11 is 0. The molecule has 4 unspecified atom stereocenters. The first-order valence-corrected chi connectivity index (χ1v) is 25.6. The van der Waals surface area contributed by atoms with Crippen LogP contribution in [0.3, 0.4) is 0 Å². The third-order valence-corrected chi connectivity index (χ3v) is 12.3. The summed E-state index contributed by atoms with van der Waals surface area (Å²) in [6.07, 6.45) is 18.7. The van der Waals surface area contributed by atoms with E-state index in [9.17, 15) is 45.3 Å². The molecule has 384 valence electrons. The number of allylic oxidation sites excluding steroid dienone is 2. The van der Waals surface area contributed by atoms with E-state index in [0.29, 0.717) is 12.8 Å². The van der Waals surface area contributed by atoms with Crippen LogP contribution in [-0.2, 0) is 38.0 Å². The summed E-state index contributed by atoms with van der Waals surface area (Å²) in [5.74, 6) is -0.945. The highest BCUT2D eigenvalue weighted by molar-refractivity contribution is 5.70. The van der Waals surface area contributed by atoms with Crippen LogP contribution >= 0.6 is 0 Å². The highest BCUT2D eigenvalue weighted by Gasteiger charge is 2.47.